The van der Waals surface area contributed by atoms with Crippen LogP contribution in [0.25, 0.3) is 0 Å². The van der Waals surface area contributed by atoms with Crippen LogP contribution < -0.4 is 0 Å². The second-order valence-corrected chi connectivity index (χ2v) is 8.24. The van der Waals surface area contributed by atoms with E-state index in [-0.39, 0.29) is 35.2 Å². The predicted octanol–water partition coefficient (Wildman–Crippen LogP) is 1.42. The van der Waals surface area contributed by atoms with E-state index in [1.54, 1.807) is 0 Å². The highest BCUT2D eigenvalue weighted by molar-refractivity contribution is 5.84. The van der Waals surface area contributed by atoms with Crippen molar-refractivity contribution >= 4 is 11.8 Å². The minimum atomic E-state index is -1.39. The number of Topliss-reactive ketones (excluding diaryl/α,β-unsaturated/α-hetero) is 1. The van der Waals surface area contributed by atoms with Gasteiger partial charge in [-0.3, -0.25) is 9.59 Å². The summed E-state index contributed by atoms with van der Waals surface area (Å²) in [4.78, 5) is 25.0. The van der Waals surface area contributed by atoms with E-state index < -0.39 is 11.2 Å². The summed E-state index contributed by atoms with van der Waals surface area (Å²) in [5.74, 6) is -1.10. The normalized spacial score (nSPS) is 59.0. The molecular weight excluding hydrogens is 284 g/mol. The van der Waals surface area contributed by atoms with Crippen LogP contribution in [0.15, 0.2) is 0 Å². The molecule has 7 unspecified atom stereocenters. The molecule has 1 spiro atoms. The third kappa shape index (κ3) is 1.20. The molecule has 3 saturated carbocycles. The van der Waals surface area contributed by atoms with Gasteiger partial charge in [0.25, 0.3) is 0 Å². The maximum absolute atomic E-state index is 12.6. The number of ether oxygens (including phenoxy) is 2. The van der Waals surface area contributed by atoms with E-state index in [1.807, 2.05) is 6.92 Å². The summed E-state index contributed by atoms with van der Waals surface area (Å²) in [6.45, 7) is 2.28. The van der Waals surface area contributed by atoms with E-state index in [0.29, 0.717) is 31.7 Å². The van der Waals surface area contributed by atoms with Gasteiger partial charge in [-0.15, -0.1) is 0 Å². The second kappa shape index (κ2) is 3.75. The van der Waals surface area contributed by atoms with Crippen LogP contribution in [-0.2, 0) is 19.1 Å². The van der Waals surface area contributed by atoms with E-state index in [2.05, 4.69) is 0 Å². The monoisotopic (exact) mass is 306 g/mol. The lowest BCUT2D eigenvalue weighted by atomic mass is 9.41. The summed E-state index contributed by atoms with van der Waals surface area (Å²) >= 11 is 0. The first-order valence-corrected chi connectivity index (χ1v) is 8.52. The van der Waals surface area contributed by atoms with Crippen molar-refractivity contribution in [3.63, 3.8) is 0 Å². The Labute approximate surface area is 129 Å². The molecule has 0 radical (unpaired) electrons. The summed E-state index contributed by atoms with van der Waals surface area (Å²) < 4.78 is 11.5. The highest BCUT2D eigenvalue weighted by Gasteiger charge is 2.79. The molecule has 5 nitrogen and oxygen atoms in total. The van der Waals surface area contributed by atoms with E-state index in [4.69, 9.17) is 9.47 Å². The number of esters is 1. The number of carbonyl (C=O) groups excluding carboxylic acids is 2. The fraction of sp³-hybridized carbons (Fsp3) is 0.882. The molecule has 0 aromatic heterocycles. The Morgan fingerprint density at radius 1 is 1.27 bits per heavy atom. The highest BCUT2D eigenvalue weighted by atomic mass is 16.6. The van der Waals surface area contributed by atoms with Crippen LogP contribution in [0.3, 0.4) is 0 Å². The molecule has 0 amide bonds. The standard InChI is InChI=1S/C17H22O5/c1-15-13-12(22-14(15)19)7-9-10(3-2-4-11(9)18)16(13)5-6-17(15,20)21-8-16/h9-10,12-13,20H,2-8H2,1H3. The van der Waals surface area contributed by atoms with Crippen molar-refractivity contribution in [2.75, 3.05) is 6.61 Å². The largest absolute Gasteiger partial charge is 0.461 e. The molecule has 1 N–H and O–H groups in total. The summed E-state index contributed by atoms with van der Waals surface area (Å²) in [5.41, 5.74) is -1.14. The second-order valence-electron chi connectivity index (χ2n) is 8.24. The molecule has 0 aromatic carbocycles. The van der Waals surface area contributed by atoms with Crippen LogP contribution in [0, 0.1) is 28.6 Å². The molecule has 120 valence electrons. The summed E-state index contributed by atoms with van der Waals surface area (Å²) in [5, 5.41) is 10.9. The van der Waals surface area contributed by atoms with Gasteiger partial charge >= 0.3 is 5.97 Å². The van der Waals surface area contributed by atoms with E-state index in [9.17, 15) is 14.7 Å². The molecule has 3 heterocycles. The van der Waals surface area contributed by atoms with Crippen LogP contribution in [0.5, 0.6) is 0 Å². The zero-order chi connectivity index (χ0) is 15.3. The van der Waals surface area contributed by atoms with Crippen LogP contribution in [-0.4, -0.2) is 35.4 Å². The third-order valence-electron chi connectivity index (χ3n) is 7.68. The Morgan fingerprint density at radius 2 is 2.09 bits per heavy atom. The predicted molar refractivity (Wildman–Crippen MR) is 74.5 cm³/mol. The quantitative estimate of drug-likeness (QED) is 0.685. The third-order valence-corrected chi connectivity index (χ3v) is 7.68. The van der Waals surface area contributed by atoms with Crippen molar-refractivity contribution in [1.29, 1.82) is 0 Å². The average Bonchev–Trinajstić information content (AvgIpc) is 2.77. The molecule has 6 fully saturated rings. The van der Waals surface area contributed by atoms with Crippen molar-refractivity contribution in [2.45, 2.75) is 57.3 Å². The number of hydrogen-bond acceptors (Lipinski definition) is 5. The number of fused-ring (bicyclic) bond motifs is 3. The minimum Gasteiger partial charge on any atom is -0.461 e. The van der Waals surface area contributed by atoms with Gasteiger partial charge in [0, 0.05) is 30.1 Å². The van der Waals surface area contributed by atoms with Crippen molar-refractivity contribution in [3.8, 4) is 0 Å². The average molecular weight is 306 g/mol. The van der Waals surface area contributed by atoms with Crippen LogP contribution in [0.4, 0.5) is 0 Å². The zero-order valence-electron chi connectivity index (χ0n) is 12.8. The van der Waals surface area contributed by atoms with Gasteiger partial charge in [0.15, 0.2) is 5.79 Å². The molecule has 3 aliphatic carbocycles. The summed E-state index contributed by atoms with van der Waals surface area (Å²) in [7, 11) is 0. The fourth-order valence-corrected chi connectivity index (χ4v) is 6.68. The lowest BCUT2D eigenvalue weighted by Gasteiger charge is -2.66. The summed E-state index contributed by atoms with van der Waals surface area (Å²) in [6, 6.07) is 0. The van der Waals surface area contributed by atoms with Gasteiger partial charge in [-0.1, -0.05) is 0 Å². The maximum atomic E-state index is 12.6. The molecule has 2 bridgehead atoms. The summed E-state index contributed by atoms with van der Waals surface area (Å²) in [6.07, 6.45) is 4.36. The van der Waals surface area contributed by atoms with Crippen molar-refractivity contribution in [3.05, 3.63) is 0 Å². The number of hydrogen-bond donors (Lipinski definition) is 1. The van der Waals surface area contributed by atoms with Crippen molar-refractivity contribution < 1.29 is 24.2 Å². The molecule has 3 saturated heterocycles. The molecule has 3 aliphatic heterocycles. The van der Waals surface area contributed by atoms with Gasteiger partial charge in [0.05, 0.1) is 6.61 Å². The van der Waals surface area contributed by atoms with E-state index in [0.717, 1.165) is 19.3 Å². The Bertz CT molecular complexity index is 576. The molecule has 0 aromatic rings. The lowest BCUT2D eigenvalue weighted by Crippen LogP contribution is -2.73. The Kier molecular flexibility index (Phi) is 2.30. The lowest BCUT2D eigenvalue weighted by molar-refractivity contribution is -0.375. The molecule has 7 atom stereocenters. The van der Waals surface area contributed by atoms with Crippen LogP contribution in [0.2, 0.25) is 0 Å². The number of carbonyl (C=O) groups is 2. The van der Waals surface area contributed by atoms with Gasteiger partial charge in [-0.2, -0.15) is 0 Å². The Balaban J connectivity index is 1.69. The van der Waals surface area contributed by atoms with E-state index >= 15 is 0 Å². The minimum absolute atomic E-state index is 0.00727. The molecule has 22 heavy (non-hydrogen) atoms. The van der Waals surface area contributed by atoms with Gasteiger partial charge in [0.1, 0.15) is 17.3 Å². The first-order valence-electron chi connectivity index (χ1n) is 8.52. The molecule has 6 rings (SSSR count). The van der Waals surface area contributed by atoms with Gasteiger partial charge in [0.2, 0.25) is 0 Å². The Morgan fingerprint density at radius 3 is 2.82 bits per heavy atom. The van der Waals surface area contributed by atoms with E-state index in [1.165, 1.54) is 0 Å². The first-order chi connectivity index (χ1) is 10.4. The highest BCUT2D eigenvalue weighted by Crippen LogP contribution is 2.72. The SMILES string of the molecule is CC12C(=O)OC3CC4C(=O)CCCC4C4(CCC1(O)OC4)C32. The van der Waals surface area contributed by atoms with Crippen molar-refractivity contribution in [1.82, 2.24) is 0 Å². The smallest absolute Gasteiger partial charge is 0.318 e. The number of rotatable bonds is 0. The Hall–Kier alpha value is -0.940. The zero-order valence-corrected chi connectivity index (χ0v) is 12.8. The van der Waals surface area contributed by atoms with Gasteiger partial charge in [-0.05, 0) is 38.5 Å². The fourth-order valence-electron chi connectivity index (χ4n) is 6.68. The van der Waals surface area contributed by atoms with Gasteiger partial charge in [-0.25, -0.2) is 0 Å². The molecule has 5 heteroatoms. The molecular formula is C17H22O5. The van der Waals surface area contributed by atoms with Crippen molar-refractivity contribution in [2.24, 2.45) is 28.6 Å². The maximum Gasteiger partial charge on any atom is 0.318 e. The molecule has 6 aliphatic rings. The van der Waals surface area contributed by atoms with Gasteiger partial charge < -0.3 is 14.6 Å². The van der Waals surface area contributed by atoms with Crippen LogP contribution in [0.1, 0.15) is 45.4 Å². The number of aliphatic hydroxyl groups is 1. The van der Waals surface area contributed by atoms with Crippen LogP contribution >= 0.6 is 0 Å². The first kappa shape index (κ1) is 13.5. The topological polar surface area (TPSA) is 72.8 Å². The number of ketones is 1.